The van der Waals surface area contributed by atoms with Crippen molar-refractivity contribution < 1.29 is 4.74 Å². The maximum Gasteiger partial charge on any atom is 0.118 e. The molecule has 0 radical (unpaired) electrons. The first-order valence-electron chi connectivity index (χ1n) is 13.3. The zero-order valence-electron chi connectivity index (χ0n) is 24.4. The Morgan fingerprint density at radius 2 is 0.886 bits per heavy atom. The third kappa shape index (κ3) is 15.9. The van der Waals surface area contributed by atoms with Crippen LogP contribution in [0.2, 0.25) is 0 Å². The van der Waals surface area contributed by atoms with Gasteiger partial charge in [-0.2, -0.15) is 0 Å². The molecule has 1 heteroatoms. The van der Waals surface area contributed by atoms with Gasteiger partial charge in [0.05, 0.1) is 7.11 Å². The maximum absolute atomic E-state index is 5.05. The molecule has 0 saturated heterocycles. The van der Waals surface area contributed by atoms with Gasteiger partial charge in [0.15, 0.2) is 0 Å². The van der Waals surface area contributed by atoms with Crippen LogP contribution in [0.5, 0.6) is 5.75 Å². The molecular formula is C34H52O. The van der Waals surface area contributed by atoms with Gasteiger partial charge in [-0.05, 0) is 59.4 Å². The van der Waals surface area contributed by atoms with E-state index in [4.69, 9.17) is 4.74 Å². The Balaban J connectivity index is 0.000000455. The van der Waals surface area contributed by atoms with Crippen LogP contribution in [0.3, 0.4) is 0 Å². The van der Waals surface area contributed by atoms with Crippen molar-refractivity contribution >= 4 is 0 Å². The van der Waals surface area contributed by atoms with E-state index < -0.39 is 0 Å². The smallest absolute Gasteiger partial charge is 0.118 e. The molecule has 194 valence electrons. The monoisotopic (exact) mass is 476 g/mol. The van der Waals surface area contributed by atoms with Gasteiger partial charge in [0.25, 0.3) is 0 Å². The molecule has 3 aromatic rings. The molecule has 0 aromatic heterocycles. The van der Waals surface area contributed by atoms with Crippen LogP contribution < -0.4 is 4.74 Å². The summed E-state index contributed by atoms with van der Waals surface area (Å²) in [6, 6.07) is 27.4. The molecule has 0 bridgehead atoms. The van der Waals surface area contributed by atoms with E-state index in [1.54, 1.807) is 7.11 Å². The van der Waals surface area contributed by atoms with Crippen LogP contribution >= 0.6 is 0 Å². The third-order valence-corrected chi connectivity index (χ3v) is 5.81. The minimum Gasteiger partial charge on any atom is -0.497 e. The summed E-state index contributed by atoms with van der Waals surface area (Å²) >= 11 is 0. The number of aryl methyl sites for hydroxylation is 1. The fourth-order valence-electron chi connectivity index (χ4n) is 2.78. The molecule has 3 aromatic carbocycles. The van der Waals surface area contributed by atoms with Crippen molar-refractivity contribution in [2.45, 2.75) is 93.4 Å². The summed E-state index contributed by atoms with van der Waals surface area (Å²) in [6.45, 7) is 22.0. The molecule has 0 spiro atoms. The van der Waals surface area contributed by atoms with Crippen LogP contribution in [0.4, 0.5) is 0 Å². The van der Waals surface area contributed by atoms with E-state index in [1.165, 1.54) is 28.7 Å². The van der Waals surface area contributed by atoms with Gasteiger partial charge >= 0.3 is 0 Å². The number of hydrogen-bond donors (Lipinski definition) is 0. The molecule has 0 unspecified atom stereocenters. The molecule has 0 atom stereocenters. The number of benzene rings is 3. The predicted octanol–water partition coefficient (Wildman–Crippen LogP) is 10.8. The van der Waals surface area contributed by atoms with E-state index in [9.17, 15) is 0 Å². The maximum atomic E-state index is 5.05. The average molecular weight is 477 g/mol. The lowest BCUT2D eigenvalue weighted by Crippen LogP contribution is -1.87. The van der Waals surface area contributed by atoms with Crippen molar-refractivity contribution in [3.8, 4) is 5.75 Å². The van der Waals surface area contributed by atoms with E-state index >= 15 is 0 Å². The summed E-state index contributed by atoms with van der Waals surface area (Å²) in [6.07, 6.45) is 1.31. The summed E-state index contributed by atoms with van der Waals surface area (Å²) < 4.78 is 5.05. The number of hydrogen-bond acceptors (Lipinski definition) is 1. The molecule has 0 N–H and O–H groups in total. The van der Waals surface area contributed by atoms with E-state index in [0.717, 1.165) is 11.7 Å². The van der Waals surface area contributed by atoms with Gasteiger partial charge in [0, 0.05) is 0 Å². The quantitative estimate of drug-likeness (QED) is 0.356. The molecule has 0 aliphatic carbocycles. The van der Waals surface area contributed by atoms with Crippen LogP contribution in [-0.4, -0.2) is 7.11 Å². The first-order valence-corrected chi connectivity index (χ1v) is 13.3. The lowest BCUT2D eigenvalue weighted by molar-refractivity contribution is 0.414. The number of rotatable bonds is 5. The third-order valence-electron chi connectivity index (χ3n) is 5.81. The summed E-state index contributed by atoms with van der Waals surface area (Å²) in [7, 11) is 1.68. The van der Waals surface area contributed by atoms with E-state index in [-0.39, 0.29) is 0 Å². The van der Waals surface area contributed by atoms with Gasteiger partial charge in [0.2, 0.25) is 0 Å². The van der Waals surface area contributed by atoms with Gasteiger partial charge in [-0.15, -0.1) is 0 Å². The molecule has 0 saturated carbocycles. The van der Waals surface area contributed by atoms with Gasteiger partial charge in [-0.3, -0.25) is 0 Å². The Morgan fingerprint density at radius 1 is 0.543 bits per heavy atom. The van der Waals surface area contributed by atoms with Gasteiger partial charge in [-0.25, -0.2) is 0 Å². The van der Waals surface area contributed by atoms with Crippen LogP contribution in [-0.2, 0) is 0 Å². The van der Waals surface area contributed by atoms with E-state index in [2.05, 4.69) is 130 Å². The highest BCUT2D eigenvalue weighted by atomic mass is 16.5. The fraction of sp³-hybridized carbons (Fsp3) is 0.471. The standard InChI is InChI=1S/C10H14O.C10H14.C9H12.C5H12/c1-8(2)9-4-6-10(11-3)7-5-9;1-8(2)10-6-4-9(3)5-7-10;1-8(2)9-6-4-3-5-7-9;1-4-5(2)3/h4-8H,1-3H3;4-8H,1-3H3;3-8H,1-2H3;5H,4H2,1-3H3. The summed E-state index contributed by atoms with van der Waals surface area (Å²) in [5.74, 6) is 3.72. The van der Waals surface area contributed by atoms with Crippen LogP contribution in [0.1, 0.15) is 109 Å². The lowest BCUT2D eigenvalue weighted by Gasteiger charge is -2.05. The Morgan fingerprint density at radius 3 is 1.17 bits per heavy atom. The summed E-state index contributed by atoms with van der Waals surface area (Å²) in [5, 5.41) is 0. The second-order valence-electron chi connectivity index (χ2n) is 10.4. The summed E-state index contributed by atoms with van der Waals surface area (Å²) in [4.78, 5) is 0. The fourth-order valence-corrected chi connectivity index (χ4v) is 2.78. The molecular weight excluding hydrogens is 424 g/mol. The van der Waals surface area contributed by atoms with E-state index in [0.29, 0.717) is 17.8 Å². The minimum atomic E-state index is 0.598. The zero-order chi connectivity index (χ0) is 26.8. The minimum absolute atomic E-state index is 0.598. The van der Waals surface area contributed by atoms with Crippen molar-refractivity contribution in [2.75, 3.05) is 7.11 Å². The van der Waals surface area contributed by atoms with Gasteiger partial charge in [0.1, 0.15) is 5.75 Å². The molecule has 1 nitrogen and oxygen atoms in total. The molecule has 0 heterocycles. The lowest BCUT2D eigenvalue weighted by atomic mass is 10.0. The Kier molecular flexibility index (Phi) is 17.4. The van der Waals surface area contributed by atoms with Crippen LogP contribution in [0.25, 0.3) is 0 Å². The van der Waals surface area contributed by atoms with Crippen molar-refractivity contribution in [1.82, 2.24) is 0 Å². The Labute approximate surface area is 218 Å². The highest BCUT2D eigenvalue weighted by Crippen LogP contribution is 2.18. The Bertz CT molecular complexity index is 857. The normalized spacial score (nSPS) is 10.1. The number of ether oxygens (including phenoxy) is 1. The molecule has 0 aliphatic heterocycles. The molecule has 0 fully saturated rings. The highest BCUT2D eigenvalue weighted by Gasteiger charge is 1.97. The molecule has 3 rings (SSSR count). The molecule has 35 heavy (non-hydrogen) atoms. The average Bonchev–Trinajstić information content (AvgIpc) is 2.86. The Hall–Kier alpha value is -2.54. The van der Waals surface area contributed by atoms with Crippen molar-refractivity contribution in [1.29, 1.82) is 0 Å². The SMILES string of the molecule is CC(C)c1ccccc1.CCC(C)C.COc1ccc(C(C)C)cc1.Cc1ccc(C(C)C)cc1. The first kappa shape index (κ1) is 32.5. The van der Waals surface area contributed by atoms with Crippen molar-refractivity contribution in [2.24, 2.45) is 5.92 Å². The van der Waals surface area contributed by atoms with E-state index in [1.807, 2.05) is 18.2 Å². The molecule has 0 amide bonds. The second-order valence-corrected chi connectivity index (χ2v) is 10.4. The van der Waals surface area contributed by atoms with Crippen LogP contribution in [0, 0.1) is 12.8 Å². The highest BCUT2D eigenvalue weighted by molar-refractivity contribution is 5.28. The summed E-state index contributed by atoms with van der Waals surface area (Å²) in [5.41, 5.74) is 5.53. The largest absolute Gasteiger partial charge is 0.497 e. The van der Waals surface area contributed by atoms with Crippen LogP contribution in [0.15, 0.2) is 78.9 Å². The topological polar surface area (TPSA) is 9.23 Å². The molecule has 0 aliphatic rings. The number of methoxy groups -OCH3 is 1. The van der Waals surface area contributed by atoms with Crippen molar-refractivity contribution in [3.05, 3.63) is 101 Å². The van der Waals surface area contributed by atoms with Gasteiger partial charge in [-0.1, -0.05) is 141 Å². The van der Waals surface area contributed by atoms with Gasteiger partial charge < -0.3 is 4.74 Å². The van der Waals surface area contributed by atoms with Crippen molar-refractivity contribution in [3.63, 3.8) is 0 Å². The predicted molar refractivity (Wildman–Crippen MR) is 158 cm³/mol. The second kappa shape index (κ2) is 18.7. The first-order chi connectivity index (χ1) is 16.5. The zero-order valence-corrected chi connectivity index (χ0v) is 24.4.